The average Bonchev–Trinajstić information content (AvgIpc) is 2.38. The molecule has 1 aromatic rings. The minimum atomic E-state index is -0.590. The van der Waals surface area contributed by atoms with E-state index in [1.165, 1.54) is 18.2 Å². The largest absolute Gasteiger partial charge is 0.338 e. The number of non-ortho nitro benzene ring substituents is 1. The smallest absolute Gasteiger partial charge is 0.270 e. The summed E-state index contributed by atoms with van der Waals surface area (Å²) in [4.78, 5) is 32.3. The molecule has 1 aromatic carbocycles. The van der Waals surface area contributed by atoms with Crippen molar-refractivity contribution in [3.63, 3.8) is 0 Å². The second-order valence-corrected chi connectivity index (χ2v) is 3.29. The fraction of sp³-hybridized carbons (Fsp3) is 0.200. The van der Waals surface area contributed by atoms with Gasteiger partial charge in [0.25, 0.3) is 11.6 Å². The molecule has 0 bridgehead atoms. The first kappa shape index (κ1) is 13.6. The van der Waals surface area contributed by atoms with Crippen molar-refractivity contribution in [3.05, 3.63) is 39.9 Å². The number of nitro groups is 1. The SMILES string of the molecule is NCC(=O)NCNC(=O)c1cccc([N+](=O)[O-])c1. The van der Waals surface area contributed by atoms with Gasteiger partial charge in [-0.05, 0) is 6.07 Å². The highest BCUT2D eigenvalue weighted by molar-refractivity contribution is 5.94. The van der Waals surface area contributed by atoms with Crippen molar-refractivity contribution in [2.24, 2.45) is 5.73 Å². The first-order chi connectivity index (χ1) is 8.54. The summed E-state index contributed by atoms with van der Waals surface area (Å²) in [6.07, 6.45) is 0. The van der Waals surface area contributed by atoms with Crippen molar-refractivity contribution >= 4 is 17.5 Å². The average molecular weight is 252 g/mol. The van der Waals surface area contributed by atoms with Gasteiger partial charge in [0.2, 0.25) is 5.91 Å². The standard InChI is InChI=1S/C10H12N4O4/c11-5-9(15)12-6-13-10(16)7-2-1-3-8(4-7)14(17)18/h1-4H,5-6,11H2,(H,12,15)(H,13,16). The van der Waals surface area contributed by atoms with Gasteiger partial charge in [0.05, 0.1) is 18.1 Å². The number of rotatable bonds is 5. The molecule has 0 saturated carbocycles. The molecule has 0 aliphatic carbocycles. The molecule has 0 aliphatic heterocycles. The number of nitrogens with one attached hydrogen (secondary N) is 2. The van der Waals surface area contributed by atoms with Crippen LogP contribution in [0.2, 0.25) is 0 Å². The Morgan fingerprint density at radius 1 is 1.33 bits per heavy atom. The lowest BCUT2D eigenvalue weighted by molar-refractivity contribution is -0.384. The monoisotopic (exact) mass is 252 g/mol. The Bertz CT molecular complexity index is 475. The van der Waals surface area contributed by atoms with Crippen LogP contribution in [0.1, 0.15) is 10.4 Å². The quantitative estimate of drug-likeness (QED) is 0.365. The molecule has 96 valence electrons. The van der Waals surface area contributed by atoms with Crippen molar-refractivity contribution in [2.75, 3.05) is 13.2 Å². The number of hydrogen-bond donors (Lipinski definition) is 3. The highest BCUT2D eigenvalue weighted by Gasteiger charge is 2.10. The highest BCUT2D eigenvalue weighted by atomic mass is 16.6. The third-order valence-corrected chi connectivity index (χ3v) is 2.04. The van der Waals surface area contributed by atoms with Gasteiger partial charge in [-0.1, -0.05) is 6.07 Å². The van der Waals surface area contributed by atoms with Gasteiger partial charge in [0.15, 0.2) is 0 Å². The van der Waals surface area contributed by atoms with E-state index in [1.54, 1.807) is 0 Å². The van der Waals surface area contributed by atoms with Gasteiger partial charge in [-0.3, -0.25) is 19.7 Å². The van der Waals surface area contributed by atoms with Crippen molar-refractivity contribution < 1.29 is 14.5 Å². The number of hydrogen-bond acceptors (Lipinski definition) is 5. The Labute approximate surface area is 102 Å². The molecule has 0 aliphatic rings. The topological polar surface area (TPSA) is 127 Å². The molecule has 4 N–H and O–H groups in total. The lowest BCUT2D eigenvalue weighted by atomic mass is 10.2. The lowest BCUT2D eigenvalue weighted by Gasteiger charge is -2.06. The lowest BCUT2D eigenvalue weighted by Crippen LogP contribution is -2.39. The number of nitrogens with zero attached hydrogens (tertiary/aromatic N) is 1. The molecule has 8 nitrogen and oxygen atoms in total. The zero-order chi connectivity index (χ0) is 13.5. The summed E-state index contributed by atoms with van der Waals surface area (Å²) < 4.78 is 0. The van der Waals surface area contributed by atoms with Crippen molar-refractivity contribution in [1.29, 1.82) is 0 Å². The summed E-state index contributed by atoms with van der Waals surface area (Å²) in [6, 6.07) is 5.28. The summed E-state index contributed by atoms with van der Waals surface area (Å²) in [6.45, 7) is -0.260. The molecular weight excluding hydrogens is 240 g/mol. The Balaban J connectivity index is 2.59. The van der Waals surface area contributed by atoms with Crippen LogP contribution in [0.3, 0.4) is 0 Å². The molecular formula is C10H12N4O4. The normalized spacial score (nSPS) is 9.61. The molecule has 0 heterocycles. The highest BCUT2D eigenvalue weighted by Crippen LogP contribution is 2.12. The maximum Gasteiger partial charge on any atom is 0.270 e. The van der Waals surface area contributed by atoms with E-state index in [0.717, 1.165) is 6.07 Å². The molecule has 1 rings (SSSR count). The van der Waals surface area contributed by atoms with Crippen molar-refractivity contribution in [2.45, 2.75) is 0 Å². The molecule has 0 spiro atoms. The molecule has 8 heteroatoms. The van der Waals surface area contributed by atoms with E-state index in [9.17, 15) is 19.7 Å². The summed E-state index contributed by atoms with van der Waals surface area (Å²) in [7, 11) is 0. The maximum absolute atomic E-state index is 11.6. The van der Waals surface area contributed by atoms with Crippen LogP contribution in [0, 0.1) is 10.1 Å². The van der Waals surface area contributed by atoms with E-state index in [2.05, 4.69) is 10.6 Å². The minimum absolute atomic E-state index is 0.0858. The zero-order valence-electron chi connectivity index (χ0n) is 9.38. The van der Waals surface area contributed by atoms with Crippen LogP contribution in [-0.2, 0) is 4.79 Å². The van der Waals surface area contributed by atoms with E-state index < -0.39 is 16.7 Å². The van der Waals surface area contributed by atoms with Crippen LogP contribution < -0.4 is 16.4 Å². The second kappa shape index (κ2) is 6.30. The van der Waals surface area contributed by atoms with Gasteiger partial charge in [-0.15, -0.1) is 0 Å². The minimum Gasteiger partial charge on any atom is -0.338 e. The molecule has 0 unspecified atom stereocenters. The van der Waals surface area contributed by atoms with E-state index >= 15 is 0 Å². The van der Waals surface area contributed by atoms with Gasteiger partial charge in [-0.25, -0.2) is 0 Å². The number of benzene rings is 1. The summed E-state index contributed by atoms with van der Waals surface area (Å²) in [5, 5.41) is 15.2. The predicted octanol–water partition coefficient (Wildman–Crippen LogP) is -0.643. The number of carbonyl (C=O) groups excluding carboxylic acids is 2. The first-order valence-corrected chi connectivity index (χ1v) is 5.04. The number of amides is 2. The van der Waals surface area contributed by atoms with Crippen LogP contribution in [0.5, 0.6) is 0 Å². The van der Waals surface area contributed by atoms with Gasteiger partial charge in [-0.2, -0.15) is 0 Å². The fourth-order valence-electron chi connectivity index (χ4n) is 1.16. The first-order valence-electron chi connectivity index (χ1n) is 5.04. The molecule has 0 radical (unpaired) electrons. The van der Waals surface area contributed by atoms with Gasteiger partial charge < -0.3 is 16.4 Å². The third-order valence-electron chi connectivity index (χ3n) is 2.04. The summed E-state index contributed by atoms with van der Waals surface area (Å²) in [5.74, 6) is -0.926. The molecule has 2 amide bonds. The predicted molar refractivity (Wildman–Crippen MR) is 62.6 cm³/mol. The summed E-state index contributed by atoms with van der Waals surface area (Å²) in [5.41, 5.74) is 5.03. The molecule has 0 aromatic heterocycles. The summed E-state index contributed by atoms with van der Waals surface area (Å²) >= 11 is 0. The molecule has 0 atom stereocenters. The Kier molecular flexibility index (Phi) is 4.76. The van der Waals surface area contributed by atoms with Gasteiger partial charge >= 0.3 is 0 Å². The zero-order valence-corrected chi connectivity index (χ0v) is 9.38. The molecule has 0 saturated heterocycles. The Morgan fingerprint density at radius 2 is 2.06 bits per heavy atom. The van der Waals surface area contributed by atoms with Crippen LogP contribution in [-0.4, -0.2) is 30.0 Å². The van der Waals surface area contributed by atoms with E-state index in [4.69, 9.17) is 5.73 Å². The van der Waals surface area contributed by atoms with Gasteiger partial charge in [0.1, 0.15) is 0 Å². The van der Waals surface area contributed by atoms with Crippen LogP contribution in [0.15, 0.2) is 24.3 Å². The Hall–Kier alpha value is -2.48. The molecule has 18 heavy (non-hydrogen) atoms. The fourth-order valence-corrected chi connectivity index (χ4v) is 1.16. The number of carbonyl (C=O) groups is 2. The van der Waals surface area contributed by atoms with Gasteiger partial charge in [0, 0.05) is 17.7 Å². The number of nitro benzene ring substituents is 1. The van der Waals surface area contributed by atoms with Crippen molar-refractivity contribution in [1.82, 2.24) is 10.6 Å². The van der Waals surface area contributed by atoms with Crippen LogP contribution in [0.4, 0.5) is 5.69 Å². The van der Waals surface area contributed by atoms with E-state index in [-0.39, 0.29) is 24.5 Å². The van der Waals surface area contributed by atoms with Crippen molar-refractivity contribution in [3.8, 4) is 0 Å². The third kappa shape index (κ3) is 3.83. The van der Waals surface area contributed by atoms with Crippen LogP contribution in [0.25, 0.3) is 0 Å². The maximum atomic E-state index is 11.6. The van der Waals surface area contributed by atoms with E-state index in [0.29, 0.717) is 0 Å². The van der Waals surface area contributed by atoms with Crippen LogP contribution >= 0.6 is 0 Å². The second-order valence-electron chi connectivity index (χ2n) is 3.29. The molecule has 0 fully saturated rings. The van der Waals surface area contributed by atoms with E-state index in [1.807, 2.05) is 0 Å². The number of nitrogens with two attached hydrogens (primary N) is 1. The Morgan fingerprint density at radius 3 is 2.67 bits per heavy atom.